The summed E-state index contributed by atoms with van der Waals surface area (Å²) >= 11 is 0. The summed E-state index contributed by atoms with van der Waals surface area (Å²) in [5.74, 6) is 0.558. The number of piperidine rings is 1. The van der Waals surface area contributed by atoms with Crippen molar-refractivity contribution in [2.24, 2.45) is 11.8 Å². The molecular weight excluding hydrogens is 312 g/mol. The molecule has 2 amide bonds. The molecule has 2 aromatic rings. The van der Waals surface area contributed by atoms with Gasteiger partial charge in [0.2, 0.25) is 11.8 Å². The van der Waals surface area contributed by atoms with E-state index in [1.54, 1.807) is 4.90 Å². The molecule has 4 heteroatoms. The summed E-state index contributed by atoms with van der Waals surface area (Å²) in [6.07, 6.45) is 2.59. The van der Waals surface area contributed by atoms with E-state index in [9.17, 15) is 9.59 Å². The zero-order valence-corrected chi connectivity index (χ0v) is 14.6. The number of hydrogen-bond acceptors (Lipinski definition) is 2. The lowest BCUT2D eigenvalue weighted by Gasteiger charge is -2.32. The lowest BCUT2D eigenvalue weighted by Crippen LogP contribution is -2.43. The van der Waals surface area contributed by atoms with Crippen LogP contribution < -0.4 is 4.90 Å². The van der Waals surface area contributed by atoms with Crippen LogP contribution in [0.15, 0.2) is 42.5 Å². The first-order valence-corrected chi connectivity index (χ1v) is 9.20. The van der Waals surface area contributed by atoms with Gasteiger partial charge in [-0.15, -0.1) is 0 Å². The number of rotatable bonds is 2. The number of hydrogen-bond donors (Lipinski definition) is 0. The third-order valence-electron chi connectivity index (χ3n) is 5.50. The van der Waals surface area contributed by atoms with Gasteiger partial charge >= 0.3 is 0 Å². The highest BCUT2D eigenvalue weighted by atomic mass is 16.2. The second-order valence-corrected chi connectivity index (χ2v) is 7.44. The van der Waals surface area contributed by atoms with E-state index in [0.29, 0.717) is 18.9 Å². The van der Waals surface area contributed by atoms with Crippen LogP contribution in [0.1, 0.15) is 26.2 Å². The molecule has 2 aliphatic heterocycles. The predicted octanol–water partition coefficient (Wildman–Crippen LogP) is 3.45. The minimum atomic E-state index is -0.211. The number of benzene rings is 2. The van der Waals surface area contributed by atoms with Crippen LogP contribution in [0.5, 0.6) is 0 Å². The quantitative estimate of drug-likeness (QED) is 0.843. The maximum atomic E-state index is 12.9. The van der Waals surface area contributed by atoms with Gasteiger partial charge in [-0.1, -0.05) is 43.3 Å². The minimum absolute atomic E-state index is 0.0553. The molecule has 130 valence electrons. The Morgan fingerprint density at radius 1 is 1.08 bits per heavy atom. The Bertz CT molecular complexity index is 811. The van der Waals surface area contributed by atoms with E-state index >= 15 is 0 Å². The Labute approximate surface area is 148 Å². The molecule has 0 saturated carbocycles. The van der Waals surface area contributed by atoms with Crippen LogP contribution in [-0.2, 0) is 9.59 Å². The largest absolute Gasteiger partial charge is 0.342 e. The molecule has 0 N–H and O–H groups in total. The molecule has 2 saturated heterocycles. The molecule has 0 aliphatic carbocycles. The fourth-order valence-electron chi connectivity index (χ4n) is 4.20. The fraction of sp³-hybridized carbons (Fsp3) is 0.429. The summed E-state index contributed by atoms with van der Waals surface area (Å²) in [5.41, 5.74) is 0.922. The summed E-state index contributed by atoms with van der Waals surface area (Å²) in [4.78, 5) is 29.3. The topological polar surface area (TPSA) is 40.6 Å². The Hall–Kier alpha value is -2.36. The zero-order valence-electron chi connectivity index (χ0n) is 14.6. The Kier molecular flexibility index (Phi) is 4.20. The highest BCUT2D eigenvalue weighted by Crippen LogP contribution is 2.32. The van der Waals surface area contributed by atoms with Crippen molar-refractivity contribution in [1.29, 1.82) is 0 Å². The third-order valence-corrected chi connectivity index (χ3v) is 5.50. The SMILES string of the molecule is CC1CCCN(C(=O)C2CC(=O)N(c3cccc4ccccc34)C2)C1. The van der Waals surface area contributed by atoms with Gasteiger partial charge in [-0.3, -0.25) is 9.59 Å². The van der Waals surface area contributed by atoms with Crippen molar-refractivity contribution in [3.8, 4) is 0 Å². The number of anilines is 1. The van der Waals surface area contributed by atoms with E-state index in [4.69, 9.17) is 0 Å². The molecule has 4 nitrogen and oxygen atoms in total. The Morgan fingerprint density at radius 2 is 1.88 bits per heavy atom. The highest BCUT2D eigenvalue weighted by Gasteiger charge is 2.38. The second kappa shape index (κ2) is 6.51. The molecule has 4 rings (SSSR count). The number of carbonyl (C=O) groups excluding carboxylic acids is 2. The van der Waals surface area contributed by atoms with Crippen LogP contribution in [0.25, 0.3) is 10.8 Å². The van der Waals surface area contributed by atoms with Crippen LogP contribution >= 0.6 is 0 Å². The molecule has 0 bridgehead atoms. The van der Waals surface area contributed by atoms with Gasteiger partial charge in [-0.05, 0) is 30.2 Å². The first-order valence-electron chi connectivity index (χ1n) is 9.20. The number of nitrogens with zero attached hydrogens (tertiary/aromatic N) is 2. The van der Waals surface area contributed by atoms with Gasteiger partial charge in [-0.2, -0.15) is 0 Å². The molecule has 0 aromatic heterocycles. The van der Waals surface area contributed by atoms with Crippen LogP contribution in [0.4, 0.5) is 5.69 Å². The van der Waals surface area contributed by atoms with Crippen LogP contribution in [0.3, 0.4) is 0 Å². The molecule has 0 radical (unpaired) electrons. The second-order valence-electron chi connectivity index (χ2n) is 7.44. The van der Waals surface area contributed by atoms with Crippen molar-refractivity contribution in [3.05, 3.63) is 42.5 Å². The Balaban J connectivity index is 1.57. The molecule has 2 aromatic carbocycles. The average Bonchev–Trinajstić information content (AvgIpc) is 3.02. The van der Waals surface area contributed by atoms with Gasteiger partial charge in [0.15, 0.2) is 0 Å². The number of likely N-dealkylation sites (tertiary alicyclic amines) is 1. The highest BCUT2D eigenvalue weighted by molar-refractivity contribution is 6.06. The Morgan fingerprint density at radius 3 is 2.72 bits per heavy atom. The minimum Gasteiger partial charge on any atom is -0.342 e. The van der Waals surface area contributed by atoms with E-state index in [1.807, 2.05) is 35.2 Å². The van der Waals surface area contributed by atoms with Crippen molar-refractivity contribution in [2.75, 3.05) is 24.5 Å². The van der Waals surface area contributed by atoms with Crippen LogP contribution in [0, 0.1) is 11.8 Å². The normalized spacial score (nSPS) is 24.1. The first kappa shape index (κ1) is 16.1. The van der Waals surface area contributed by atoms with Crippen molar-refractivity contribution < 1.29 is 9.59 Å². The van der Waals surface area contributed by atoms with Gasteiger partial charge < -0.3 is 9.80 Å². The lowest BCUT2D eigenvalue weighted by molar-refractivity contribution is -0.137. The molecular formula is C21H24N2O2. The monoisotopic (exact) mass is 336 g/mol. The van der Waals surface area contributed by atoms with Crippen molar-refractivity contribution in [3.63, 3.8) is 0 Å². The lowest BCUT2D eigenvalue weighted by atomic mass is 9.98. The van der Waals surface area contributed by atoms with Gasteiger partial charge in [0.25, 0.3) is 0 Å². The van der Waals surface area contributed by atoms with Crippen molar-refractivity contribution in [1.82, 2.24) is 4.90 Å². The molecule has 2 fully saturated rings. The molecule has 2 atom stereocenters. The molecule has 2 heterocycles. The van der Waals surface area contributed by atoms with E-state index in [-0.39, 0.29) is 17.7 Å². The molecule has 0 spiro atoms. The predicted molar refractivity (Wildman–Crippen MR) is 99.4 cm³/mol. The van der Waals surface area contributed by atoms with E-state index in [0.717, 1.165) is 36.0 Å². The van der Waals surface area contributed by atoms with Gasteiger partial charge in [0.05, 0.1) is 11.6 Å². The maximum Gasteiger partial charge on any atom is 0.228 e. The van der Waals surface area contributed by atoms with Crippen LogP contribution in [-0.4, -0.2) is 36.3 Å². The number of carbonyl (C=O) groups is 2. The summed E-state index contributed by atoms with van der Waals surface area (Å²) in [5, 5.41) is 2.19. The third kappa shape index (κ3) is 3.01. The van der Waals surface area contributed by atoms with E-state index in [1.165, 1.54) is 6.42 Å². The molecule has 25 heavy (non-hydrogen) atoms. The summed E-state index contributed by atoms with van der Waals surface area (Å²) in [6.45, 7) is 4.36. The maximum absolute atomic E-state index is 12.9. The zero-order chi connectivity index (χ0) is 17.4. The first-order chi connectivity index (χ1) is 12.1. The number of amides is 2. The molecule has 2 aliphatic rings. The standard InChI is InChI=1S/C21H24N2O2/c1-15-6-5-11-22(13-15)21(25)17-12-20(24)23(14-17)19-10-4-8-16-7-2-3-9-18(16)19/h2-4,7-10,15,17H,5-6,11-14H2,1H3. The summed E-state index contributed by atoms with van der Waals surface area (Å²) < 4.78 is 0. The van der Waals surface area contributed by atoms with Crippen molar-refractivity contribution >= 4 is 28.3 Å². The fourth-order valence-corrected chi connectivity index (χ4v) is 4.20. The van der Waals surface area contributed by atoms with Gasteiger partial charge in [0, 0.05) is 31.4 Å². The van der Waals surface area contributed by atoms with Crippen LogP contribution in [0.2, 0.25) is 0 Å². The summed E-state index contributed by atoms with van der Waals surface area (Å²) in [7, 11) is 0. The molecule has 2 unspecified atom stereocenters. The van der Waals surface area contributed by atoms with E-state index in [2.05, 4.69) is 19.1 Å². The number of fused-ring (bicyclic) bond motifs is 1. The average molecular weight is 336 g/mol. The van der Waals surface area contributed by atoms with Gasteiger partial charge in [0.1, 0.15) is 0 Å². The smallest absolute Gasteiger partial charge is 0.228 e. The van der Waals surface area contributed by atoms with Crippen molar-refractivity contribution in [2.45, 2.75) is 26.2 Å². The van der Waals surface area contributed by atoms with E-state index < -0.39 is 0 Å². The summed E-state index contributed by atoms with van der Waals surface area (Å²) in [6, 6.07) is 14.1. The van der Waals surface area contributed by atoms with Gasteiger partial charge in [-0.25, -0.2) is 0 Å².